The van der Waals surface area contributed by atoms with Crippen LogP contribution in [0.3, 0.4) is 0 Å². The summed E-state index contributed by atoms with van der Waals surface area (Å²) < 4.78 is 18.3. The molecular formula is C23H21FN6O. The quantitative estimate of drug-likeness (QED) is 0.540. The molecule has 0 unspecified atom stereocenters. The van der Waals surface area contributed by atoms with Crippen molar-refractivity contribution in [1.29, 1.82) is 0 Å². The minimum absolute atomic E-state index is 0.115. The highest BCUT2D eigenvalue weighted by Gasteiger charge is 2.18. The maximum Gasteiger partial charge on any atom is 0.255 e. The average molecular weight is 416 g/mol. The van der Waals surface area contributed by atoms with Crippen molar-refractivity contribution in [3.63, 3.8) is 0 Å². The summed E-state index contributed by atoms with van der Waals surface area (Å²) in [5.41, 5.74) is 2.11. The van der Waals surface area contributed by atoms with Gasteiger partial charge in [-0.25, -0.2) is 9.07 Å². The second-order valence-corrected chi connectivity index (χ2v) is 7.55. The summed E-state index contributed by atoms with van der Waals surface area (Å²) in [7, 11) is 0. The molecular weight excluding hydrogens is 395 g/mol. The van der Waals surface area contributed by atoms with Crippen LogP contribution in [0.25, 0.3) is 17.1 Å². The highest BCUT2D eigenvalue weighted by atomic mass is 19.1. The molecule has 2 aromatic heterocycles. The number of fused-ring (bicyclic) bond motifs is 1. The van der Waals surface area contributed by atoms with Crippen molar-refractivity contribution in [2.45, 2.75) is 32.2 Å². The lowest BCUT2D eigenvalue weighted by atomic mass is 10.1. The number of halogens is 1. The van der Waals surface area contributed by atoms with E-state index in [4.69, 9.17) is 0 Å². The molecule has 8 heteroatoms. The number of aromatic nitrogens is 5. The van der Waals surface area contributed by atoms with Gasteiger partial charge in [-0.3, -0.25) is 4.79 Å². The summed E-state index contributed by atoms with van der Waals surface area (Å²) >= 11 is 0. The fourth-order valence-electron chi connectivity index (χ4n) is 3.84. The van der Waals surface area contributed by atoms with Crippen LogP contribution in [0.2, 0.25) is 0 Å². The van der Waals surface area contributed by atoms with Gasteiger partial charge in [0.05, 0.1) is 11.4 Å². The van der Waals surface area contributed by atoms with Crippen molar-refractivity contribution in [3.05, 3.63) is 78.1 Å². The van der Waals surface area contributed by atoms with Gasteiger partial charge in [-0.2, -0.15) is 5.10 Å². The van der Waals surface area contributed by atoms with Crippen LogP contribution in [-0.4, -0.2) is 30.5 Å². The van der Waals surface area contributed by atoms with Crippen LogP contribution in [-0.2, 0) is 13.0 Å². The van der Waals surface area contributed by atoms with E-state index < -0.39 is 5.82 Å². The Labute approximate surface area is 178 Å². The number of nitrogens with one attached hydrogen (secondary N) is 1. The summed E-state index contributed by atoms with van der Waals surface area (Å²) in [4.78, 5) is 12.7. The monoisotopic (exact) mass is 416 g/mol. The van der Waals surface area contributed by atoms with Crippen LogP contribution >= 0.6 is 0 Å². The molecule has 0 aliphatic carbocycles. The number of hydrogen-bond donors (Lipinski definition) is 1. The first kappa shape index (κ1) is 19.2. The molecule has 0 spiro atoms. The second kappa shape index (κ2) is 8.14. The molecule has 1 aliphatic rings. The second-order valence-electron chi connectivity index (χ2n) is 7.55. The zero-order chi connectivity index (χ0) is 21.2. The van der Waals surface area contributed by atoms with Crippen molar-refractivity contribution in [2.24, 2.45) is 0 Å². The smallest absolute Gasteiger partial charge is 0.255 e. The Kier molecular flexibility index (Phi) is 5.03. The molecule has 31 heavy (non-hydrogen) atoms. The number of amides is 1. The Morgan fingerprint density at radius 1 is 1.03 bits per heavy atom. The van der Waals surface area contributed by atoms with Crippen molar-refractivity contribution < 1.29 is 9.18 Å². The molecule has 0 atom stereocenters. The van der Waals surface area contributed by atoms with Gasteiger partial charge in [0, 0.05) is 36.5 Å². The molecule has 0 fully saturated rings. The molecule has 5 rings (SSSR count). The van der Waals surface area contributed by atoms with Crippen molar-refractivity contribution in [1.82, 2.24) is 24.5 Å². The molecule has 0 radical (unpaired) electrons. The Morgan fingerprint density at radius 3 is 2.71 bits per heavy atom. The molecule has 0 bridgehead atoms. The zero-order valence-electron chi connectivity index (χ0n) is 16.8. The van der Waals surface area contributed by atoms with Gasteiger partial charge in [-0.15, -0.1) is 10.2 Å². The Hall–Kier alpha value is -3.81. The number of carbonyl (C=O) groups excluding carboxylic acids is 1. The predicted molar refractivity (Wildman–Crippen MR) is 114 cm³/mol. The van der Waals surface area contributed by atoms with E-state index in [2.05, 4.69) is 25.2 Å². The number of aryl methyl sites for hydroxylation is 1. The van der Waals surface area contributed by atoms with E-state index in [0.29, 0.717) is 11.4 Å². The minimum atomic E-state index is -0.499. The molecule has 2 aromatic carbocycles. The van der Waals surface area contributed by atoms with Gasteiger partial charge in [-0.05, 0) is 61.4 Å². The Morgan fingerprint density at radius 2 is 1.90 bits per heavy atom. The normalized spacial score (nSPS) is 13.5. The molecule has 7 nitrogen and oxygen atoms in total. The van der Waals surface area contributed by atoms with Crippen LogP contribution in [0, 0.1) is 5.82 Å². The fraction of sp³-hybridized carbons (Fsp3) is 0.217. The molecule has 3 heterocycles. The maximum atomic E-state index is 14.5. The molecule has 1 N–H and O–H groups in total. The standard InChI is InChI=1S/C23H21FN6O/c24-19-11-8-17(22-28-27-21-5-2-1-3-13-29(21)22)15-20(19)26-23(31)16-6-9-18(10-7-16)30-14-4-12-25-30/h4,6-12,14-15H,1-3,5,13H2,(H,26,31). The van der Waals surface area contributed by atoms with Crippen LogP contribution in [0.4, 0.5) is 10.1 Å². The first-order chi connectivity index (χ1) is 15.2. The first-order valence-corrected chi connectivity index (χ1v) is 10.3. The van der Waals surface area contributed by atoms with Gasteiger partial charge in [0.15, 0.2) is 5.82 Å². The van der Waals surface area contributed by atoms with E-state index in [9.17, 15) is 9.18 Å². The number of benzene rings is 2. The van der Waals surface area contributed by atoms with Crippen LogP contribution in [0.5, 0.6) is 0 Å². The molecule has 4 aromatic rings. The highest BCUT2D eigenvalue weighted by molar-refractivity contribution is 6.04. The third kappa shape index (κ3) is 3.84. The largest absolute Gasteiger partial charge is 0.319 e. The number of hydrogen-bond acceptors (Lipinski definition) is 4. The number of carbonyl (C=O) groups is 1. The summed E-state index contributed by atoms with van der Waals surface area (Å²) in [6, 6.07) is 13.4. The number of rotatable bonds is 4. The van der Waals surface area contributed by atoms with Crippen LogP contribution < -0.4 is 5.32 Å². The van der Waals surface area contributed by atoms with E-state index in [-0.39, 0.29) is 11.6 Å². The Balaban J connectivity index is 1.39. The zero-order valence-corrected chi connectivity index (χ0v) is 16.8. The van der Waals surface area contributed by atoms with E-state index in [0.717, 1.165) is 49.3 Å². The van der Waals surface area contributed by atoms with Crippen LogP contribution in [0.1, 0.15) is 35.4 Å². The van der Waals surface area contributed by atoms with Crippen molar-refractivity contribution in [2.75, 3.05) is 5.32 Å². The lowest BCUT2D eigenvalue weighted by Crippen LogP contribution is -2.13. The van der Waals surface area contributed by atoms with Gasteiger partial charge in [0.2, 0.25) is 0 Å². The maximum absolute atomic E-state index is 14.5. The molecule has 1 amide bonds. The third-order valence-electron chi connectivity index (χ3n) is 5.48. The molecule has 0 saturated heterocycles. The van der Waals surface area contributed by atoms with E-state index in [1.54, 1.807) is 47.3 Å². The lowest BCUT2D eigenvalue weighted by Gasteiger charge is -2.11. The summed E-state index contributed by atoms with van der Waals surface area (Å²) in [6.07, 6.45) is 7.73. The van der Waals surface area contributed by atoms with Crippen molar-refractivity contribution >= 4 is 11.6 Å². The van der Waals surface area contributed by atoms with Gasteiger partial charge in [0.1, 0.15) is 11.6 Å². The molecule has 1 aliphatic heterocycles. The van der Waals surface area contributed by atoms with Gasteiger partial charge in [0.25, 0.3) is 5.91 Å². The van der Waals surface area contributed by atoms with Gasteiger partial charge in [-0.1, -0.05) is 6.42 Å². The lowest BCUT2D eigenvalue weighted by molar-refractivity contribution is 0.102. The van der Waals surface area contributed by atoms with Crippen molar-refractivity contribution in [3.8, 4) is 17.1 Å². The summed E-state index contributed by atoms with van der Waals surface area (Å²) in [5.74, 6) is 0.777. The first-order valence-electron chi connectivity index (χ1n) is 10.3. The third-order valence-corrected chi connectivity index (χ3v) is 5.48. The van der Waals surface area contributed by atoms with E-state index >= 15 is 0 Å². The predicted octanol–water partition coefficient (Wildman–Crippen LogP) is 4.25. The number of anilines is 1. The summed E-state index contributed by atoms with van der Waals surface area (Å²) in [5, 5.41) is 15.5. The van der Waals surface area contributed by atoms with E-state index in [1.807, 2.05) is 12.3 Å². The molecule has 0 saturated carbocycles. The van der Waals surface area contributed by atoms with Crippen LogP contribution in [0.15, 0.2) is 60.9 Å². The highest BCUT2D eigenvalue weighted by Crippen LogP contribution is 2.27. The Bertz CT molecular complexity index is 1210. The van der Waals surface area contributed by atoms with Gasteiger partial charge >= 0.3 is 0 Å². The topological polar surface area (TPSA) is 77.6 Å². The summed E-state index contributed by atoms with van der Waals surface area (Å²) in [6.45, 7) is 0.847. The minimum Gasteiger partial charge on any atom is -0.319 e. The number of nitrogens with zero attached hydrogens (tertiary/aromatic N) is 5. The fourth-order valence-corrected chi connectivity index (χ4v) is 3.84. The van der Waals surface area contributed by atoms with E-state index in [1.165, 1.54) is 6.07 Å². The SMILES string of the molecule is O=C(Nc1cc(-c2nnc3n2CCCCC3)ccc1F)c1ccc(-n2cccn2)cc1. The molecule has 156 valence electrons. The average Bonchev–Trinajstić information content (AvgIpc) is 3.41. The van der Waals surface area contributed by atoms with Gasteiger partial charge < -0.3 is 9.88 Å².